The molecule has 0 aliphatic heterocycles. The van der Waals surface area contributed by atoms with Gasteiger partial charge in [0.1, 0.15) is 5.75 Å². The summed E-state index contributed by atoms with van der Waals surface area (Å²) >= 11 is 0. The number of carbonyl (C=O) groups is 2. The van der Waals surface area contributed by atoms with E-state index in [-0.39, 0.29) is 31.1 Å². The third-order valence-electron chi connectivity index (χ3n) is 3.45. The molecule has 1 amide bonds. The van der Waals surface area contributed by atoms with Crippen LogP contribution in [-0.4, -0.2) is 24.8 Å². The summed E-state index contributed by atoms with van der Waals surface area (Å²) in [6.07, 6.45) is 0.324. The van der Waals surface area contributed by atoms with Gasteiger partial charge in [-0.1, -0.05) is 30.0 Å². The Hall–Kier alpha value is -3.06. The molecule has 0 atom stereocenters. The molecule has 0 saturated heterocycles. The van der Waals surface area contributed by atoms with Crippen molar-refractivity contribution in [2.24, 2.45) is 0 Å². The van der Waals surface area contributed by atoms with Crippen LogP contribution in [0.1, 0.15) is 35.7 Å². The number of carbonyl (C=O) groups excluding carboxylic acids is 2. The van der Waals surface area contributed by atoms with E-state index in [1.54, 1.807) is 24.3 Å². The minimum absolute atomic E-state index is 0.0615. The highest BCUT2D eigenvalue weighted by molar-refractivity contribution is 5.98. The number of Topliss-reactive ketones (excluding diaryl/α,β-unsaturated/α-hetero) is 1. The quantitative estimate of drug-likeness (QED) is 0.624. The highest BCUT2D eigenvalue weighted by atomic mass is 16.5. The Kier molecular flexibility index (Phi) is 7.27. The summed E-state index contributed by atoms with van der Waals surface area (Å²) in [6, 6.07) is 16.5. The normalized spacial score (nSPS) is 9.64. The number of amides is 1. The molecule has 0 aliphatic rings. The lowest BCUT2D eigenvalue weighted by atomic mass is 10.1. The van der Waals surface area contributed by atoms with E-state index in [2.05, 4.69) is 17.2 Å². The summed E-state index contributed by atoms with van der Waals surface area (Å²) in [7, 11) is 0. The van der Waals surface area contributed by atoms with E-state index in [4.69, 9.17) is 4.74 Å². The van der Waals surface area contributed by atoms with Crippen LogP contribution in [0.2, 0.25) is 0 Å². The molecular weight excluding hydrogens is 314 g/mol. The Morgan fingerprint density at radius 1 is 1.00 bits per heavy atom. The molecule has 0 aromatic heterocycles. The number of benzene rings is 2. The molecule has 2 rings (SSSR count). The van der Waals surface area contributed by atoms with Crippen molar-refractivity contribution >= 4 is 11.7 Å². The lowest BCUT2D eigenvalue weighted by Gasteiger charge is -2.05. The van der Waals surface area contributed by atoms with Crippen LogP contribution in [0.25, 0.3) is 0 Å². The Balaban J connectivity index is 1.72. The first-order chi connectivity index (χ1) is 12.2. The number of ketones is 1. The SMILES string of the molecule is CCOc1ccc(C(=O)CCC(=O)NCC#Cc2ccccc2)cc1. The average molecular weight is 335 g/mol. The molecule has 128 valence electrons. The van der Waals surface area contributed by atoms with Gasteiger partial charge in [-0.2, -0.15) is 0 Å². The monoisotopic (exact) mass is 335 g/mol. The fraction of sp³-hybridized carbons (Fsp3) is 0.238. The molecular formula is C21H21NO3. The van der Waals surface area contributed by atoms with Gasteiger partial charge in [0.05, 0.1) is 13.2 Å². The molecule has 4 nitrogen and oxygen atoms in total. The van der Waals surface area contributed by atoms with Crippen molar-refractivity contribution in [2.75, 3.05) is 13.2 Å². The molecule has 0 bridgehead atoms. The van der Waals surface area contributed by atoms with Gasteiger partial charge in [0.2, 0.25) is 5.91 Å². The lowest BCUT2D eigenvalue weighted by molar-refractivity contribution is -0.120. The van der Waals surface area contributed by atoms with Crippen molar-refractivity contribution in [3.05, 3.63) is 65.7 Å². The molecule has 0 radical (unpaired) electrons. The lowest BCUT2D eigenvalue weighted by Crippen LogP contribution is -2.24. The van der Waals surface area contributed by atoms with E-state index in [0.717, 1.165) is 11.3 Å². The van der Waals surface area contributed by atoms with Gasteiger partial charge in [0.15, 0.2) is 5.78 Å². The molecule has 0 fully saturated rings. The summed E-state index contributed by atoms with van der Waals surface area (Å²) < 4.78 is 5.34. The molecule has 1 N–H and O–H groups in total. The topological polar surface area (TPSA) is 55.4 Å². The summed E-state index contributed by atoms with van der Waals surface area (Å²) in [6.45, 7) is 2.76. The predicted molar refractivity (Wildman–Crippen MR) is 97.5 cm³/mol. The van der Waals surface area contributed by atoms with Gasteiger partial charge in [0.25, 0.3) is 0 Å². The molecule has 0 spiro atoms. The Bertz CT molecular complexity index is 755. The Labute approximate surface area is 148 Å². The van der Waals surface area contributed by atoms with Gasteiger partial charge in [0, 0.05) is 24.0 Å². The number of ether oxygens (including phenoxy) is 1. The minimum atomic E-state index is -0.179. The largest absolute Gasteiger partial charge is 0.494 e. The van der Waals surface area contributed by atoms with Crippen LogP contribution in [-0.2, 0) is 4.79 Å². The number of nitrogens with one attached hydrogen (secondary N) is 1. The van der Waals surface area contributed by atoms with Gasteiger partial charge in [-0.05, 0) is 43.3 Å². The van der Waals surface area contributed by atoms with Crippen molar-refractivity contribution in [3.8, 4) is 17.6 Å². The minimum Gasteiger partial charge on any atom is -0.494 e. The van der Waals surface area contributed by atoms with Gasteiger partial charge in [-0.25, -0.2) is 0 Å². The summed E-state index contributed by atoms with van der Waals surface area (Å²) in [5.41, 5.74) is 1.49. The first kappa shape index (κ1) is 18.3. The molecule has 0 saturated carbocycles. The molecule has 2 aromatic rings. The summed E-state index contributed by atoms with van der Waals surface area (Å²) in [5.74, 6) is 6.34. The van der Waals surface area contributed by atoms with Gasteiger partial charge in [-0.3, -0.25) is 9.59 Å². The zero-order valence-electron chi connectivity index (χ0n) is 14.2. The second-order valence-electron chi connectivity index (χ2n) is 5.33. The second kappa shape index (κ2) is 9.94. The molecule has 0 aliphatic carbocycles. The Morgan fingerprint density at radius 3 is 2.40 bits per heavy atom. The average Bonchev–Trinajstić information content (AvgIpc) is 2.65. The number of hydrogen-bond donors (Lipinski definition) is 1. The highest BCUT2D eigenvalue weighted by Gasteiger charge is 2.09. The van der Waals surface area contributed by atoms with Crippen LogP contribution in [0.15, 0.2) is 54.6 Å². The van der Waals surface area contributed by atoms with Crippen molar-refractivity contribution < 1.29 is 14.3 Å². The highest BCUT2D eigenvalue weighted by Crippen LogP contribution is 2.13. The molecule has 4 heteroatoms. The maximum Gasteiger partial charge on any atom is 0.221 e. The molecule has 25 heavy (non-hydrogen) atoms. The maximum atomic E-state index is 12.1. The zero-order chi connectivity index (χ0) is 17.9. The van der Waals surface area contributed by atoms with E-state index in [9.17, 15) is 9.59 Å². The van der Waals surface area contributed by atoms with Crippen LogP contribution in [0, 0.1) is 11.8 Å². The predicted octanol–water partition coefficient (Wildman–Crippen LogP) is 3.22. The molecule has 0 heterocycles. The summed E-state index contributed by atoms with van der Waals surface area (Å²) in [4.78, 5) is 23.9. The van der Waals surface area contributed by atoms with Gasteiger partial charge in [-0.15, -0.1) is 0 Å². The fourth-order valence-electron chi connectivity index (χ4n) is 2.17. The van der Waals surface area contributed by atoms with Crippen molar-refractivity contribution in [3.63, 3.8) is 0 Å². The number of rotatable bonds is 7. The first-order valence-corrected chi connectivity index (χ1v) is 8.25. The van der Waals surface area contributed by atoms with Gasteiger partial charge >= 0.3 is 0 Å². The standard InChI is InChI=1S/C21H21NO3/c1-2-25-19-12-10-18(11-13-19)20(23)14-15-21(24)22-16-6-9-17-7-4-3-5-8-17/h3-5,7-8,10-13H,2,14-16H2,1H3,(H,22,24). The van der Waals surface area contributed by atoms with Crippen LogP contribution in [0.5, 0.6) is 5.75 Å². The van der Waals surface area contributed by atoms with E-state index in [0.29, 0.717) is 12.2 Å². The van der Waals surface area contributed by atoms with Crippen LogP contribution >= 0.6 is 0 Å². The van der Waals surface area contributed by atoms with Gasteiger partial charge < -0.3 is 10.1 Å². The third kappa shape index (κ3) is 6.52. The van der Waals surface area contributed by atoms with Crippen LogP contribution in [0.4, 0.5) is 0 Å². The van der Waals surface area contributed by atoms with Crippen molar-refractivity contribution in [1.29, 1.82) is 0 Å². The van der Waals surface area contributed by atoms with E-state index >= 15 is 0 Å². The number of hydrogen-bond acceptors (Lipinski definition) is 3. The molecule has 0 unspecified atom stereocenters. The summed E-state index contributed by atoms with van der Waals surface area (Å²) in [5, 5.41) is 2.70. The van der Waals surface area contributed by atoms with E-state index in [1.807, 2.05) is 37.3 Å². The van der Waals surface area contributed by atoms with Crippen molar-refractivity contribution in [1.82, 2.24) is 5.32 Å². The third-order valence-corrected chi connectivity index (χ3v) is 3.45. The van der Waals surface area contributed by atoms with Crippen molar-refractivity contribution in [2.45, 2.75) is 19.8 Å². The van der Waals surface area contributed by atoms with Crippen LogP contribution in [0.3, 0.4) is 0 Å². The zero-order valence-corrected chi connectivity index (χ0v) is 14.2. The maximum absolute atomic E-state index is 12.1. The van der Waals surface area contributed by atoms with E-state index in [1.165, 1.54) is 0 Å². The molecule has 2 aromatic carbocycles. The van der Waals surface area contributed by atoms with E-state index < -0.39 is 0 Å². The van der Waals surface area contributed by atoms with Crippen LogP contribution < -0.4 is 10.1 Å². The fourth-order valence-corrected chi connectivity index (χ4v) is 2.17. The first-order valence-electron chi connectivity index (χ1n) is 8.25. The smallest absolute Gasteiger partial charge is 0.221 e. The second-order valence-corrected chi connectivity index (χ2v) is 5.33. The Morgan fingerprint density at radius 2 is 1.72 bits per heavy atom.